The summed E-state index contributed by atoms with van der Waals surface area (Å²) in [6.45, 7) is 2.13. The molecule has 1 N–H and O–H groups in total. The van der Waals surface area contributed by atoms with Crippen LogP contribution in [-0.2, 0) is 16.6 Å². The summed E-state index contributed by atoms with van der Waals surface area (Å²) >= 11 is 0. The van der Waals surface area contributed by atoms with Gasteiger partial charge in [0.1, 0.15) is 0 Å². The molecular weight excluding hydrogens is 370 g/mol. The molecule has 0 atom stereocenters. The number of benzene rings is 1. The molecule has 0 saturated carbocycles. The lowest BCUT2D eigenvalue weighted by molar-refractivity contribution is 0.0951. The van der Waals surface area contributed by atoms with Crippen molar-refractivity contribution in [2.45, 2.75) is 13.5 Å². The molecule has 27 heavy (non-hydrogen) atoms. The van der Waals surface area contributed by atoms with Gasteiger partial charge in [-0.25, -0.2) is 8.42 Å². The largest absolute Gasteiger partial charge is 0.493 e. The van der Waals surface area contributed by atoms with Gasteiger partial charge in [-0.15, -0.1) is 0 Å². The van der Waals surface area contributed by atoms with Crippen LogP contribution in [0.15, 0.2) is 36.7 Å². The standard InChI is InChI=1S/C18H23N3O5S/c1-5-21(27(4,23)24)15-11-17(26-3)16(25-2)10-14(15)18(22)20-12-13-6-8-19-9-7-13/h6-11H,5,12H2,1-4H3,(H,20,22). The van der Waals surface area contributed by atoms with Crippen molar-refractivity contribution in [3.05, 3.63) is 47.8 Å². The van der Waals surface area contributed by atoms with Gasteiger partial charge in [0.05, 0.1) is 31.7 Å². The van der Waals surface area contributed by atoms with Crippen LogP contribution in [0, 0.1) is 0 Å². The lowest BCUT2D eigenvalue weighted by atomic mass is 10.1. The normalized spacial score (nSPS) is 11.0. The molecule has 0 aliphatic heterocycles. The fourth-order valence-corrected chi connectivity index (χ4v) is 3.60. The highest BCUT2D eigenvalue weighted by Gasteiger charge is 2.25. The first-order valence-electron chi connectivity index (χ1n) is 8.22. The van der Waals surface area contributed by atoms with Gasteiger partial charge in [0.15, 0.2) is 11.5 Å². The summed E-state index contributed by atoms with van der Waals surface area (Å²) in [5.41, 5.74) is 1.27. The first kappa shape index (κ1) is 20.5. The average Bonchev–Trinajstić information content (AvgIpc) is 2.65. The summed E-state index contributed by atoms with van der Waals surface area (Å²) in [5, 5.41) is 2.79. The molecule has 0 bridgehead atoms. The molecule has 0 unspecified atom stereocenters. The number of methoxy groups -OCH3 is 2. The Labute approximate surface area is 159 Å². The van der Waals surface area contributed by atoms with E-state index in [2.05, 4.69) is 10.3 Å². The number of carbonyl (C=O) groups is 1. The maximum atomic E-state index is 12.8. The molecule has 0 spiro atoms. The second kappa shape index (κ2) is 8.72. The quantitative estimate of drug-likeness (QED) is 0.735. The zero-order valence-electron chi connectivity index (χ0n) is 15.7. The molecule has 1 aromatic heterocycles. The number of sulfonamides is 1. The van der Waals surface area contributed by atoms with E-state index in [1.54, 1.807) is 31.5 Å². The van der Waals surface area contributed by atoms with E-state index in [-0.39, 0.29) is 24.3 Å². The van der Waals surface area contributed by atoms with Crippen molar-refractivity contribution in [2.75, 3.05) is 31.3 Å². The number of ether oxygens (including phenoxy) is 2. The van der Waals surface area contributed by atoms with E-state index in [0.29, 0.717) is 11.5 Å². The van der Waals surface area contributed by atoms with Crippen LogP contribution in [0.4, 0.5) is 5.69 Å². The number of pyridine rings is 1. The smallest absolute Gasteiger partial charge is 0.253 e. The Morgan fingerprint density at radius 1 is 1.15 bits per heavy atom. The van der Waals surface area contributed by atoms with E-state index >= 15 is 0 Å². The van der Waals surface area contributed by atoms with Gasteiger partial charge in [0.25, 0.3) is 5.91 Å². The van der Waals surface area contributed by atoms with Crippen LogP contribution in [0.2, 0.25) is 0 Å². The number of hydrogen-bond acceptors (Lipinski definition) is 6. The van der Waals surface area contributed by atoms with Crippen molar-refractivity contribution < 1.29 is 22.7 Å². The van der Waals surface area contributed by atoms with E-state index in [1.807, 2.05) is 0 Å². The van der Waals surface area contributed by atoms with Crippen LogP contribution in [0.5, 0.6) is 11.5 Å². The van der Waals surface area contributed by atoms with Gasteiger partial charge in [0, 0.05) is 31.5 Å². The van der Waals surface area contributed by atoms with Crippen LogP contribution in [-0.4, -0.2) is 46.3 Å². The predicted molar refractivity (Wildman–Crippen MR) is 103 cm³/mol. The van der Waals surface area contributed by atoms with Crippen molar-refractivity contribution >= 4 is 21.6 Å². The SMILES string of the molecule is CCN(c1cc(OC)c(OC)cc1C(=O)NCc1ccncc1)S(C)(=O)=O. The van der Waals surface area contributed by atoms with Crippen LogP contribution in [0.25, 0.3) is 0 Å². The number of nitrogens with zero attached hydrogens (tertiary/aromatic N) is 2. The zero-order chi connectivity index (χ0) is 20.0. The number of amides is 1. The Morgan fingerprint density at radius 2 is 1.74 bits per heavy atom. The van der Waals surface area contributed by atoms with Crippen LogP contribution in [0.3, 0.4) is 0 Å². The molecule has 146 valence electrons. The first-order chi connectivity index (χ1) is 12.8. The summed E-state index contributed by atoms with van der Waals surface area (Å²) in [6, 6.07) is 6.53. The van der Waals surface area contributed by atoms with Gasteiger partial charge in [-0.3, -0.25) is 14.1 Å². The van der Waals surface area contributed by atoms with E-state index in [9.17, 15) is 13.2 Å². The summed E-state index contributed by atoms with van der Waals surface area (Å²) in [4.78, 5) is 16.7. The number of aromatic nitrogens is 1. The highest BCUT2D eigenvalue weighted by molar-refractivity contribution is 7.92. The molecule has 9 heteroatoms. The lowest BCUT2D eigenvalue weighted by Crippen LogP contribution is -2.33. The second-order valence-electron chi connectivity index (χ2n) is 5.69. The molecule has 2 rings (SSSR count). The first-order valence-corrected chi connectivity index (χ1v) is 10.1. The Morgan fingerprint density at radius 3 is 2.26 bits per heavy atom. The summed E-state index contributed by atoms with van der Waals surface area (Å²) in [7, 11) is -0.692. The molecule has 1 heterocycles. The molecule has 2 aromatic rings. The minimum Gasteiger partial charge on any atom is -0.493 e. The zero-order valence-corrected chi connectivity index (χ0v) is 16.5. The number of nitrogens with one attached hydrogen (secondary N) is 1. The third-order valence-corrected chi connectivity index (χ3v) is 5.16. The fraction of sp³-hybridized carbons (Fsp3) is 0.333. The van der Waals surface area contributed by atoms with Crippen molar-refractivity contribution in [1.29, 1.82) is 0 Å². The lowest BCUT2D eigenvalue weighted by Gasteiger charge is -2.24. The molecule has 0 aliphatic rings. The van der Waals surface area contributed by atoms with Crippen molar-refractivity contribution in [1.82, 2.24) is 10.3 Å². The molecule has 0 saturated heterocycles. The molecule has 8 nitrogen and oxygen atoms in total. The maximum absolute atomic E-state index is 12.8. The topological polar surface area (TPSA) is 97.8 Å². The predicted octanol–water partition coefficient (Wildman–Crippen LogP) is 1.81. The van der Waals surface area contributed by atoms with Crippen LogP contribution < -0.4 is 19.1 Å². The van der Waals surface area contributed by atoms with Gasteiger partial charge in [0.2, 0.25) is 10.0 Å². The molecule has 0 fully saturated rings. The van der Waals surface area contributed by atoms with Gasteiger partial charge in [-0.2, -0.15) is 0 Å². The Balaban J connectivity index is 2.46. The number of hydrogen-bond donors (Lipinski definition) is 1. The highest BCUT2D eigenvalue weighted by Crippen LogP contribution is 2.36. The summed E-state index contributed by atoms with van der Waals surface area (Å²) in [6.07, 6.45) is 4.35. The summed E-state index contributed by atoms with van der Waals surface area (Å²) < 4.78 is 36.0. The summed E-state index contributed by atoms with van der Waals surface area (Å²) in [5.74, 6) is 0.241. The van der Waals surface area contributed by atoms with Crippen molar-refractivity contribution in [3.8, 4) is 11.5 Å². The van der Waals surface area contributed by atoms with E-state index in [0.717, 1.165) is 16.1 Å². The Bertz CT molecular complexity index is 901. The molecule has 0 radical (unpaired) electrons. The monoisotopic (exact) mass is 393 g/mol. The number of rotatable bonds is 8. The Hall–Kier alpha value is -2.81. The van der Waals surface area contributed by atoms with Crippen molar-refractivity contribution in [2.24, 2.45) is 0 Å². The molecule has 1 amide bonds. The van der Waals surface area contributed by atoms with Crippen LogP contribution >= 0.6 is 0 Å². The number of anilines is 1. The van der Waals surface area contributed by atoms with Gasteiger partial charge < -0.3 is 14.8 Å². The van der Waals surface area contributed by atoms with Gasteiger partial charge in [-0.1, -0.05) is 0 Å². The Kier molecular flexibility index (Phi) is 6.62. The van der Waals surface area contributed by atoms with Crippen molar-refractivity contribution in [3.63, 3.8) is 0 Å². The maximum Gasteiger partial charge on any atom is 0.253 e. The molecular formula is C18H23N3O5S. The minimum absolute atomic E-state index is 0.166. The third-order valence-electron chi connectivity index (χ3n) is 3.91. The minimum atomic E-state index is -3.59. The average molecular weight is 393 g/mol. The highest BCUT2D eigenvalue weighted by atomic mass is 32.2. The van der Waals surface area contributed by atoms with Gasteiger partial charge >= 0.3 is 0 Å². The second-order valence-corrected chi connectivity index (χ2v) is 7.60. The molecule has 0 aliphatic carbocycles. The number of carbonyl (C=O) groups excluding carboxylic acids is 1. The fourth-order valence-electron chi connectivity index (χ4n) is 2.62. The third kappa shape index (κ3) is 4.88. The van der Waals surface area contributed by atoms with E-state index in [1.165, 1.54) is 26.4 Å². The van der Waals surface area contributed by atoms with Gasteiger partial charge in [-0.05, 0) is 30.7 Å². The van der Waals surface area contributed by atoms with Crippen LogP contribution in [0.1, 0.15) is 22.8 Å². The van der Waals surface area contributed by atoms with E-state index in [4.69, 9.17) is 9.47 Å². The van der Waals surface area contributed by atoms with E-state index < -0.39 is 15.9 Å². The molecule has 1 aromatic carbocycles.